The lowest BCUT2D eigenvalue weighted by Crippen LogP contribution is -2.52. The molecule has 0 spiro atoms. The van der Waals surface area contributed by atoms with Gasteiger partial charge in [0.15, 0.2) is 0 Å². The van der Waals surface area contributed by atoms with Gasteiger partial charge in [0.05, 0.1) is 40.3 Å². The Morgan fingerprint density at radius 1 is 1.00 bits per heavy atom. The molecule has 2 aliphatic rings. The molecule has 0 aromatic rings. The van der Waals surface area contributed by atoms with Gasteiger partial charge in [-0.2, -0.15) is 0 Å². The molecule has 0 unspecified atom stereocenters. The van der Waals surface area contributed by atoms with Crippen molar-refractivity contribution in [2.45, 2.75) is 25.7 Å². The Morgan fingerprint density at radius 2 is 1.71 bits per heavy atom. The molecule has 0 atom stereocenters. The van der Waals surface area contributed by atoms with Gasteiger partial charge in [-0.15, -0.1) is 0 Å². The number of likely N-dealkylation sites (tertiary alicyclic amines) is 1. The zero-order valence-corrected chi connectivity index (χ0v) is 9.50. The molecule has 0 radical (unpaired) electrons. The highest BCUT2D eigenvalue weighted by atomic mass is 15.4. The molecule has 1 fully saturated rings. The van der Waals surface area contributed by atoms with Gasteiger partial charge in [-0.3, -0.25) is 14.4 Å². The van der Waals surface area contributed by atoms with Crippen LogP contribution >= 0.6 is 0 Å². The van der Waals surface area contributed by atoms with Crippen molar-refractivity contribution < 1.29 is 4.58 Å². The maximum atomic E-state index is 2.56. The zero-order chi connectivity index (χ0) is 9.97. The summed E-state index contributed by atoms with van der Waals surface area (Å²) in [5.41, 5.74) is 0. The SMILES string of the molecule is CN1CCC[N+](C)=C1N1CCCCC1. The fourth-order valence-electron chi connectivity index (χ4n) is 2.61. The van der Waals surface area contributed by atoms with Crippen LogP contribution in [0.3, 0.4) is 0 Å². The predicted molar refractivity (Wildman–Crippen MR) is 58.7 cm³/mol. The van der Waals surface area contributed by atoms with Crippen LogP contribution in [0.1, 0.15) is 25.7 Å². The summed E-state index contributed by atoms with van der Waals surface area (Å²) < 4.78 is 2.41. The van der Waals surface area contributed by atoms with E-state index in [-0.39, 0.29) is 0 Å². The minimum absolute atomic E-state index is 1.22. The van der Waals surface area contributed by atoms with Gasteiger partial charge in [-0.05, 0) is 19.3 Å². The minimum atomic E-state index is 1.22. The van der Waals surface area contributed by atoms with Crippen molar-refractivity contribution in [3.8, 4) is 0 Å². The summed E-state index contributed by atoms with van der Waals surface area (Å²) in [6.07, 6.45) is 5.44. The van der Waals surface area contributed by atoms with Crippen molar-refractivity contribution in [3.05, 3.63) is 0 Å². The molecule has 80 valence electrons. The van der Waals surface area contributed by atoms with Gasteiger partial charge < -0.3 is 0 Å². The number of rotatable bonds is 0. The first-order valence-electron chi connectivity index (χ1n) is 5.83. The Morgan fingerprint density at radius 3 is 2.36 bits per heavy atom. The van der Waals surface area contributed by atoms with Crippen LogP contribution in [0.15, 0.2) is 0 Å². The summed E-state index contributed by atoms with van der Waals surface area (Å²) in [6.45, 7) is 4.94. The molecule has 3 nitrogen and oxygen atoms in total. The molecule has 0 N–H and O–H groups in total. The van der Waals surface area contributed by atoms with Gasteiger partial charge in [0.2, 0.25) is 0 Å². The molecule has 2 rings (SSSR count). The molecule has 0 aromatic carbocycles. The Balaban J connectivity index is 2.12. The van der Waals surface area contributed by atoms with E-state index in [0.717, 1.165) is 0 Å². The van der Waals surface area contributed by atoms with E-state index in [9.17, 15) is 0 Å². The fourth-order valence-corrected chi connectivity index (χ4v) is 2.61. The van der Waals surface area contributed by atoms with E-state index < -0.39 is 0 Å². The molecule has 0 bridgehead atoms. The molecule has 0 aliphatic carbocycles. The molecule has 2 heterocycles. The monoisotopic (exact) mass is 196 g/mol. The average Bonchev–Trinajstić information content (AvgIpc) is 2.19. The molecule has 14 heavy (non-hydrogen) atoms. The second-order valence-corrected chi connectivity index (χ2v) is 4.54. The van der Waals surface area contributed by atoms with E-state index in [2.05, 4.69) is 28.5 Å². The summed E-state index contributed by atoms with van der Waals surface area (Å²) >= 11 is 0. The first-order valence-corrected chi connectivity index (χ1v) is 5.83. The summed E-state index contributed by atoms with van der Waals surface area (Å²) in [7, 11) is 4.44. The van der Waals surface area contributed by atoms with Crippen LogP contribution in [0.2, 0.25) is 0 Å². The summed E-state index contributed by atoms with van der Waals surface area (Å²) in [4.78, 5) is 4.97. The predicted octanol–water partition coefficient (Wildman–Crippen LogP) is 0.806. The third-order valence-electron chi connectivity index (χ3n) is 3.31. The van der Waals surface area contributed by atoms with Crippen LogP contribution in [0, 0.1) is 0 Å². The van der Waals surface area contributed by atoms with Crippen molar-refractivity contribution in [1.82, 2.24) is 9.80 Å². The number of piperidine rings is 1. The van der Waals surface area contributed by atoms with Crippen molar-refractivity contribution in [2.75, 3.05) is 40.3 Å². The van der Waals surface area contributed by atoms with E-state index in [4.69, 9.17) is 0 Å². The van der Waals surface area contributed by atoms with Gasteiger partial charge >= 0.3 is 5.96 Å². The third kappa shape index (κ3) is 1.86. The molecule has 0 aromatic heterocycles. The Kier molecular flexibility index (Phi) is 2.94. The van der Waals surface area contributed by atoms with Gasteiger partial charge in [-0.25, -0.2) is 0 Å². The van der Waals surface area contributed by atoms with Crippen LogP contribution in [0.25, 0.3) is 0 Å². The van der Waals surface area contributed by atoms with Gasteiger partial charge in [0.25, 0.3) is 0 Å². The van der Waals surface area contributed by atoms with Crippen LogP contribution in [0.4, 0.5) is 0 Å². The van der Waals surface area contributed by atoms with Crippen molar-refractivity contribution in [3.63, 3.8) is 0 Å². The molecule has 3 heteroatoms. The lowest BCUT2D eigenvalue weighted by molar-refractivity contribution is -0.514. The topological polar surface area (TPSA) is 9.49 Å². The van der Waals surface area contributed by atoms with Crippen molar-refractivity contribution in [1.29, 1.82) is 0 Å². The highest BCUT2D eigenvalue weighted by Gasteiger charge is 2.29. The maximum absolute atomic E-state index is 2.56. The lowest BCUT2D eigenvalue weighted by atomic mass is 10.1. The van der Waals surface area contributed by atoms with Crippen molar-refractivity contribution in [2.24, 2.45) is 0 Å². The van der Waals surface area contributed by atoms with Crippen molar-refractivity contribution >= 4 is 5.96 Å². The maximum Gasteiger partial charge on any atom is 0.350 e. The minimum Gasteiger partial charge on any atom is -0.267 e. The van der Waals surface area contributed by atoms with Crippen LogP contribution in [-0.2, 0) is 0 Å². The summed E-state index contributed by atoms with van der Waals surface area (Å²) in [5.74, 6) is 1.45. The quantitative estimate of drug-likeness (QED) is 0.530. The highest BCUT2D eigenvalue weighted by molar-refractivity contribution is 5.75. The van der Waals surface area contributed by atoms with E-state index in [1.165, 1.54) is 57.8 Å². The largest absolute Gasteiger partial charge is 0.350 e. The smallest absolute Gasteiger partial charge is 0.267 e. The number of hydrogen-bond acceptors (Lipinski definition) is 2. The van der Waals surface area contributed by atoms with E-state index in [0.29, 0.717) is 0 Å². The number of guanidine groups is 1. The molecular weight excluding hydrogens is 174 g/mol. The first-order chi connectivity index (χ1) is 6.79. The average molecular weight is 196 g/mol. The summed E-state index contributed by atoms with van der Waals surface area (Å²) in [5, 5.41) is 0. The van der Waals surface area contributed by atoms with Crippen LogP contribution < -0.4 is 0 Å². The Labute approximate surface area is 87.0 Å². The molecule has 2 aliphatic heterocycles. The van der Waals surface area contributed by atoms with E-state index in [1.807, 2.05) is 0 Å². The van der Waals surface area contributed by atoms with E-state index >= 15 is 0 Å². The van der Waals surface area contributed by atoms with Crippen LogP contribution in [0.5, 0.6) is 0 Å². The number of nitrogens with zero attached hydrogens (tertiary/aromatic N) is 3. The fraction of sp³-hybridized carbons (Fsp3) is 0.909. The normalized spacial score (nSPS) is 24.4. The molecule has 1 saturated heterocycles. The zero-order valence-electron chi connectivity index (χ0n) is 9.50. The van der Waals surface area contributed by atoms with Gasteiger partial charge in [0.1, 0.15) is 0 Å². The highest BCUT2D eigenvalue weighted by Crippen LogP contribution is 2.12. The van der Waals surface area contributed by atoms with Gasteiger partial charge in [-0.1, -0.05) is 0 Å². The molecule has 0 amide bonds. The standard InChI is InChI=1S/C11H22N3/c1-12-7-6-8-13(2)11(12)14-9-4-3-5-10-14/h3-10H2,1-2H3/q+1. The van der Waals surface area contributed by atoms with E-state index in [1.54, 1.807) is 0 Å². The Hall–Kier alpha value is -0.730. The molecular formula is C11H22N3+. The lowest BCUT2D eigenvalue weighted by Gasteiger charge is -2.32. The molecule has 0 saturated carbocycles. The summed E-state index contributed by atoms with van der Waals surface area (Å²) in [6, 6.07) is 0. The second kappa shape index (κ2) is 4.20. The first kappa shape index (κ1) is 9.81. The van der Waals surface area contributed by atoms with Gasteiger partial charge in [0, 0.05) is 6.42 Å². The number of hydrogen-bond donors (Lipinski definition) is 0. The Bertz CT molecular complexity index is 229. The second-order valence-electron chi connectivity index (χ2n) is 4.54. The van der Waals surface area contributed by atoms with Crippen LogP contribution in [-0.4, -0.2) is 60.6 Å². The third-order valence-corrected chi connectivity index (χ3v) is 3.31.